The SMILES string of the molecule is O=C(O)Cc1ncc(Nc2c(Cl)cccc2Cl)[nH]1. The molecule has 0 saturated heterocycles. The summed E-state index contributed by atoms with van der Waals surface area (Å²) in [6.07, 6.45) is 1.32. The van der Waals surface area contributed by atoms with Crippen LogP contribution in [0.15, 0.2) is 24.4 Å². The van der Waals surface area contributed by atoms with Crippen molar-refractivity contribution in [1.29, 1.82) is 0 Å². The molecule has 0 bridgehead atoms. The zero-order valence-electron chi connectivity index (χ0n) is 9.08. The van der Waals surface area contributed by atoms with E-state index >= 15 is 0 Å². The van der Waals surface area contributed by atoms with E-state index in [0.29, 0.717) is 27.4 Å². The highest BCUT2D eigenvalue weighted by atomic mass is 35.5. The number of H-pyrrole nitrogens is 1. The van der Waals surface area contributed by atoms with Crippen molar-refractivity contribution >= 4 is 40.7 Å². The van der Waals surface area contributed by atoms with Crippen molar-refractivity contribution in [3.05, 3.63) is 40.3 Å². The van der Waals surface area contributed by atoms with E-state index in [-0.39, 0.29) is 6.42 Å². The number of para-hydroxylation sites is 1. The zero-order valence-corrected chi connectivity index (χ0v) is 10.6. The number of nitrogens with zero attached hydrogens (tertiary/aromatic N) is 1. The van der Waals surface area contributed by atoms with Gasteiger partial charge in [-0.05, 0) is 12.1 Å². The molecule has 0 aliphatic carbocycles. The number of halogens is 2. The molecule has 0 fully saturated rings. The molecule has 3 N–H and O–H groups in total. The summed E-state index contributed by atoms with van der Waals surface area (Å²) in [6.45, 7) is 0. The number of aliphatic carboxylic acids is 1. The van der Waals surface area contributed by atoms with Crippen LogP contribution in [0.25, 0.3) is 0 Å². The summed E-state index contributed by atoms with van der Waals surface area (Å²) in [4.78, 5) is 17.3. The maximum absolute atomic E-state index is 10.5. The van der Waals surface area contributed by atoms with Crippen LogP contribution in [0.5, 0.6) is 0 Å². The summed E-state index contributed by atoms with van der Waals surface area (Å²) in [5, 5.41) is 12.5. The standard InChI is InChI=1S/C11H9Cl2N3O2/c12-6-2-1-3-7(13)11(6)16-9-5-14-8(15-9)4-10(17)18/h1-3,5,16H,4H2,(H,14,15)(H,17,18). The summed E-state index contributed by atoms with van der Waals surface area (Å²) in [5.41, 5.74) is 0.548. The van der Waals surface area contributed by atoms with Crippen LogP contribution in [0.3, 0.4) is 0 Å². The topological polar surface area (TPSA) is 78.0 Å². The third-order valence-electron chi connectivity index (χ3n) is 2.17. The molecule has 0 saturated carbocycles. The Morgan fingerprint density at radius 1 is 1.39 bits per heavy atom. The van der Waals surface area contributed by atoms with Gasteiger partial charge in [-0.25, -0.2) is 4.98 Å². The number of carboxylic acid groups (broad SMARTS) is 1. The lowest BCUT2D eigenvalue weighted by atomic mass is 10.3. The van der Waals surface area contributed by atoms with Crippen LogP contribution in [0.2, 0.25) is 10.0 Å². The largest absolute Gasteiger partial charge is 0.481 e. The van der Waals surface area contributed by atoms with Crippen molar-refractivity contribution in [3.63, 3.8) is 0 Å². The van der Waals surface area contributed by atoms with E-state index in [1.165, 1.54) is 6.20 Å². The van der Waals surface area contributed by atoms with Crippen molar-refractivity contribution in [3.8, 4) is 0 Å². The summed E-state index contributed by atoms with van der Waals surface area (Å²) >= 11 is 12.0. The van der Waals surface area contributed by atoms with Crippen LogP contribution in [0.1, 0.15) is 5.82 Å². The van der Waals surface area contributed by atoms with Crippen molar-refractivity contribution in [2.24, 2.45) is 0 Å². The lowest BCUT2D eigenvalue weighted by Crippen LogP contribution is -2.01. The van der Waals surface area contributed by atoms with Gasteiger partial charge in [-0.3, -0.25) is 4.79 Å². The fourth-order valence-corrected chi connectivity index (χ4v) is 1.90. The Morgan fingerprint density at radius 2 is 2.06 bits per heavy atom. The predicted molar refractivity (Wildman–Crippen MR) is 69.7 cm³/mol. The highest BCUT2D eigenvalue weighted by Gasteiger charge is 2.09. The minimum absolute atomic E-state index is 0.169. The highest BCUT2D eigenvalue weighted by Crippen LogP contribution is 2.31. The van der Waals surface area contributed by atoms with Crippen molar-refractivity contribution < 1.29 is 9.90 Å². The molecule has 0 atom stereocenters. The number of carbonyl (C=O) groups is 1. The van der Waals surface area contributed by atoms with Crippen LogP contribution in [-0.2, 0) is 11.2 Å². The van der Waals surface area contributed by atoms with Crippen molar-refractivity contribution in [2.75, 3.05) is 5.32 Å². The van der Waals surface area contributed by atoms with Crippen LogP contribution in [0.4, 0.5) is 11.5 Å². The molecule has 1 aromatic heterocycles. The number of benzene rings is 1. The molecule has 0 spiro atoms. The molecule has 0 aliphatic heterocycles. The second kappa shape index (κ2) is 5.29. The summed E-state index contributed by atoms with van der Waals surface area (Å²) in [5.74, 6) is -0.0684. The average Bonchev–Trinajstić information content (AvgIpc) is 2.70. The summed E-state index contributed by atoms with van der Waals surface area (Å²) in [6, 6.07) is 5.13. The number of hydrogen-bond donors (Lipinski definition) is 3. The molecular weight excluding hydrogens is 277 g/mol. The Balaban J connectivity index is 2.19. The van der Waals surface area contributed by atoms with Gasteiger partial charge in [-0.15, -0.1) is 0 Å². The van der Waals surface area contributed by atoms with Crippen LogP contribution >= 0.6 is 23.2 Å². The molecule has 5 nitrogen and oxygen atoms in total. The number of rotatable bonds is 4. The molecule has 1 aromatic carbocycles. The molecule has 2 rings (SSSR count). The first-order valence-electron chi connectivity index (χ1n) is 5.03. The van der Waals surface area contributed by atoms with E-state index in [0.717, 1.165) is 0 Å². The number of aromatic nitrogens is 2. The highest BCUT2D eigenvalue weighted by molar-refractivity contribution is 6.39. The van der Waals surface area contributed by atoms with Crippen LogP contribution in [-0.4, -0.2) is 21.0 Å². The molecular formula is C11H9Cl2N3O2. The number of hydrogen-bond acceptors (Lipinski definition) is 3. The van der Waals surface area contributed by atoms with Gasteiger partial charge in [0, 0.05) is 0 Å². The third-order valence-corrected chi connectivity index (χ3v) is 2.80. The lowest BCUT2D eigenvalue weighted by Gasteiger charge is -2.07. The first-order chi connectivity index (χ1) is 8.56. The number of carboxylic acids is 1. The molecule has 0 aliphatic rings. The van der Waals surface area contributed by atoms with Gasteiger partial charge in [-0.1, -0.05) is 29.3 Å². The third kappa shape index (κ3) is 2.94. The first kappa shape index (κ1) is 12.7. The van der Waals surface area contributed by atoms with Gasteiger partial charge in [-0.2, -0.15) is 0 Å². The van der Waals surface area contributed by atoms with E-state index in [2.05, 4.69) is 15.3 Å². The lowest BCUT2D eigenvalue weighted by molar-refractivity contribution is -0.136. The Kier molecular flexibility index (Phi) is 3.74. The van der Waals surface area contributed by atoms with Gasteiger partial charge in [0.15, 0.2) is 0 Å². The quantitative estimate of drug-likeness (QED) is 0.807. The molecule has 2 aromatic rings. The Morgan fingerprint density at radius 3 is 2.67 bits per heavy atom. The molecule has 0 radical (unpaired) electrons. The average molecular weight is 286 g/mol. The van der Waals surface area contributed by atoms with Crippen molar-refractivity contribution in [1.82, 2.24) is 9.97 Å². The Hall–Kier alpha value is -1.72. The molecule has 0 unspecified atom stereocenters. The second-order valence-corrected chi connectivity index (χ2v) is 4.35. The number of aromatic amines is 1. The maximum Gasteiger partial charge on any atom is 0.311 e. The maximum atomic E-state index is 10.5. The van der Waals surface area contributed by atoms with Gasteiger partial charge in [0.2, 0.25) is 0 Å². The molecule has 1 heterocycles. The molecule has 94 valence electrons. The Bertz CT molecular complexity index is 563. The number of anilines is 2. The monoisotopic (exact) mass is 285 g/mol. The number of imidazole rings is 1. The smallest absolute Gasteiger partial charge is 0.311 e. The van der Waals surface area contributed by atoms with Crippen LogP contribution < -0.4 is 5.32 Å². The minimum Gasteiger partial charge on any atom is -0.481 e. The van der Waals surface area contributed by atoms with E-state index in [1.807, 2.05) is 0 Å². The molecule has 0 amide bonds. The normalized spacial score (nSPS) is 10.3. The number of nitrogens with one attached hydrogen (secondary N) is 2. The molecule has 7 heteroatoms. The predicted octanol–water partition coefficient (Wildman–Crippen LogP) is 3.09. The van der Waals surface area contributed by atoms with Gasteiger partial charge in [0.05, 0.1) is 21.9 Å². The van der Waals surface area contributed by atoms with Gasteiger partial charge < -0.3 is 15.4 Å². The zero-order chi connectivity index (χ0) is 13.1. The van der Waals surface area contributed by atoms with E-state index in [9.17, 15) is 4.79 Å². The Labute approximate surface area is 113 Å². The first-order valence-corrected chi connectivity index (χ1v) is 5.78. The summed E-state index contributed by atoms with van der Waals surface area (Å²) in [7, 11) is 0. The van der Waals surface area contributed by atoms with Crippen molar-refractivity contribution in [2.45, 2.75) is 6.42 Å². The molecule has 18 heavy (non-hydrogen) atoms. The van der Waals surface area contributed by atoms with E-state index in [1.54, 1.807) is 18.2 Å². The van der Waals surface area contributed by atoms with Crippen LogP contribution in [0, 0.1) is 0 Å². The van der Waals surface area contributed by atoms with Gasteiger partial charge >= 0.3 is 5.97 Å². The fraction of sp³-hybridized carbons (Fsp3) is 0.0909. The fourth-order valence-electron chi connectivity index (χ4n) is 1.41. The minimum atomic E-state index is -0.952. The van der Waals surface area contributed by atoms with Gasteiger partial charge in [0.25, 0.3) is 0 Å². The second-order valence-electron chi connectivity index (χ2n) is 3.54. The van der Waals surface area contributed by atoms with E-state index in [4.69, 9.17) is 28.3 Å². The van der Waals surface area contributed by atoms with Gasteiger partial charge in [0.1, 0.15) is 18.1 Å². The van der Waals surface area contributed by atoms with E-state index < -0.39 is 5.97 Å². The summed E-state index contributed by atoms with van der Waals surface area (Å²) < 4.78 is 0.